The van der Waals surface area contributed by atoms with Crippen LogP contribution in [0.4, 0.5) is 5.69 Å². The van der Waals surface area contributed by atoms with Gasteiger partial charge < -0.3 is 5.11 Å². The molecule has 0 radical (unpaired) electrons. The third-order valence-electron chi connectivity index (χ3n) is 2.07. The number of hydrogen-bond donors (Lipinski definition) is 2. The van der Waals surface area contributed by atoms with Gasteiger partial charge in [-0.3, -0.25) is 4.72 Å². The molecule has 2 N–H and O–H groups in total. The van der Waals surface area contributed by atoms with E-state index in [1.54, 1.807) is 0 Å². The molecule has 0 aliphatic heterocycles. The number of carboxylic acids is 1. The SMILES string of the molecule is O=C(O)c1ccc(S(=O)(=O)Nc2cncnc2)nc1. The Hall–Kier alpha value is -2.55. The van der Waals surface area contributed by atoms with E-state index in [-0.39, 0.29) is 16.3 Å². The van der Waals surface area contributed by atoms with E-state index in [0.29, 0.717) is 0 Å². The molecule has 0 fully saturated rings. The van der Waals surface area contributed by atoms with Crippen molar-refractivity contribution in [2.45, 2.75) is 5.03 Å². The van der Waals surface area contributed by atoms with Crippen molar-refractivity contribution in [2.24, 2.45) is 0 Å². The zero-order valence-electron chi connectivity index (χ0n) is 9.39. The first-order valence-corrected chi connectivity index (χ1v) is 6.44. The van der Waals surface area contributed by atoms with Gasteiger partial charge in [0.25, 0.3) is 10.0 Å². The highest BCUT2D eigenvalue weighted by Crippen LogP contribution is 2.12. The molecule has 0 amide bonds. The minimum Gasteiger partial charge on any atom is -0.478 e. The molecule has 0 aromatic carbocycles. The van der Waals surface area contributed by atoms with E-state index < -0.39 is 16.0 Å². The summed E-state index contributed by atoms with van der Waals surface area (Å²) >= 11 is 0. The molecule has 0 atom stereocenters. The zero-order valence-corrected chi connectivity index (χ0v) is 10.2. The topological polar surface area (TPSA) is 122 Å². The molecule has 0 aliphatic rings. The number of pyridine rings is 1. The minimum absolute atomic E-state index is 0.0954. The first-order valence-electron chi connectivity index (χ1n) is 4.96. The van der Waals surface area contributed by atoms with Crippen LogP contribution < -0.4 is 4.72 Å². The molecule has 8 nitrogen and oxygen atoms in total. The van der Waals surface area contributed by atoms with Gasteiger partial charge in [0.15, 0.2) is 5.03 Å². The third-order valence-corrected chi connectivity index (χ3v) is 3.37. The van der Waals surface area contributed by atoms with E-state index in [1.165, 1.54) is 18.7 Å². The number of sulfonamides is 1. The highest BCUT2D eigenvalue weighted by Gasteiger charge is 2.16. The number of aromatic nitrogens is 3. The van der Waals surface area contributed by atoms with Gasteiger partial charge in [0.05, 0.1) is 23.6 Å². The maximum atomic E-state index is 11.9. The molecule has 0 spiro atoms. The largest absolute Gasteiger partial charge is 0.478 e. The fourth-order valence-electron chi connectivity index (χ4n) is 1.22. The van der Waals surface area contributed by atoms with Crippen LogP contribution in [0.3, 0.4) is 0 Å². The first kappa shape index (κ1) is 12.9. The number of carboxylic acid groups (broad SMARTS) is 1. The molecule has 2 rings (SSSR count). The molecule has 9 heteroatoms. The van der Waals surface area contributed by atoms with Crippen molar-refractivity contribution in [1.82, 2.24) is 15.0 Å². The quantitative estimate of drug-likeness (QED) is 0.829. The molecule has 0 aliphatic carbocycles. The van der Waals surface area contributed by atoms with Gasteiger partial charge in [-0.05, 0) is 12.1 Å². The van der Waals surface area contributed by atoms with Crippen LogP contribution >= 0.6 is 0 Å². The lowest BCUT2D eigenvalue weighted by atomic mass is 10.3. The summed E-state index contributed by atoms with van der Waals surface area (Å²) in [6, 6.07) is 2.26. The Morgan fingerprint density at radius 2 is 1.84 bits per heavy atom. The van der Waals surface area contributed by atoms with Crippen LogP contribution in [0.2, 0.25) is 0 Å². The molecule has 98 valence electrons. The van der Waals surface area contributed by atoms with Gasteiger partial charge in [-0.25, -0.2) is 19.7 Å². The molecule has 19 heavy (non-hydrogen) atoms. The average molecular weight is 280 g/mol. The van der Waals surface area contributed by atoms with E-state index in [1.807, 2.05) is 0 Å². The normalized spacial score (nSPS) is 10.9. The predicted octanol–water partition coefficient (Wildman–Crippen LogP) is 0.371. The number of hydrogen-bond acceptors (Lipinski definition) is 6. The summed E-state index contributed by atoms with van der Waals surface area (Å²) in [6.07, 6.45) is 4.81. The number of nitrogens with one attached hydrogen (secondary N) is 1. The van der Waals surface area contributed by atoms with Crippen molar-refractivity contribution < 1.29 is 18.3 Å². The van der Waals surface area contributed by atoms with Crippen LogP contribution in [-0.4, -0.2) is 34.4 Å². The molecular weight excluding hydrogens is 272 g/mol. The molecular formula is C10H8N4O4S. The molecule has 2 aromatic heterocycles. The Labute approximate surface area is 108 Å². The van der Waals surface area contributed by atoms with Gasteiger partial charge in [0.1, 0.15) is 6.33 Å². The summed E-state index contributed by atoms with van der Waals surface area (Å²) in [7, 11) is -3.89. The number of anilines is 1. The number of nitrogens with zero attached hydrogens (tertiary/aromatic N) is 3. The van der Waals surface area contributed by atoms with Gasteiger partial charge in [-0.2, -0.15) is 8.42 Å². The van der Waals surface area contributed by atoms with E-state index in [9.17, 15) is 13.2 Å². The van der Waals surface area contributed by atoms with Crippen molar-refractivity contribution in [3.8, 4) is 0 Å². The number of aromatic carboxylic acids is 1. The van der Waals surface area contributed by atoms with Crippen LogP contribution in [-0.2, 0) is 10.0 Å². The summed E-state index contributed by atoms with van der Waals surface area (Å²) in [5.41, 5.74) is 0.0913. The van der Waals surface area contributed by atoms with Gasteiger partial charge in [-0.1, -0.05) is 0 Å². The number of rotatable bonds is 4. The standard InChI is InChI=1S/C10H8N4O4S/c15-10(16)7-1-2-9(13-3-7)19(17,18)14-8-4-11-6-12-5-8/h1-6,14H,(H,15,16). The second kappa shape index (κ2) is 4.98. The number of carbonyl (C=O) groups is 1. The lowest BCUT2D eigenvalue weighted by Crippen LogP contribution is -2.15. The third kappa shape index (κ3) is 3.01. The van der Waals surface area contributed by atoms with E-state index in [4.69, 9.17) is 5.11 Å². The maximum absolute atomic E-state index is 11.9. The maximum Gasteiger partial charge on any atom is 0.337 e. The molecule has 0 unspecified atom stereocenters. The van der Waals surface area contributed by atoms with Gasteiger partial charge in [0.2, 0.25) is 0 Å². The second-order valence-electron chi connectivity index (χ2n) is 3.42. The van der Waals surface area contributed by atoms with Gasteiger partial charge >= 0.3 is 5.97 Å². The Balaban J connectivity index is 2.27. The molecule has 0 bridgehead atoms. The molecule has 0 saturated heterocycles. The monoisotopic (exact) mass is 280 g/mol. The smallest absolute Gasteiger partial charge is 0.337 e. The Kier molecular flexibility index (Phi) is 3.38. The summed E-state index contributed by atoms with van der Waals surface area (Å²) < 4.78 is 26.0. The lowest BCUT2D eigenvalue weighted by molar-refractivity contribution is 0.0696. The molecule has 0 saturated carbocycles. The second-order valence-corrected chi connectivity index (χ2v) is 5.05. The van der Waals surface area contributed by atoms with E-state index in [0.717, 1.165) is 18.3 Å². The Bertz CT molecular complexity index is 685. The highest BCUT2D eigenvalue weighted by atomic mass is 32.2. The van der Waals surface area contributed by atoms with Crippen molar-refractivity contribution in [3.05, 3.63) is 42.6 Å². The van der Waals surface area contributed by atoms with E-state index in [2.05, 4.69) is 19.7 Å². The van der Waals surface area contributed by atoms with E-state index >= 15 is 0 Å². The van der Waals surface area contributed by atoms with Crippen LogP contribution in [0.25, 0.3) is 0 Å². The summed E-state index contributed by atoms with van der Waals surface area (Å²) in [6.45, 7) is 0. The summed E-state index contributed by atoms with van der Waals surface area (Å²) in [4.78, 5) is 21.6. The zero-order chi connectivity index (χ0) is 13.9. The summed E-state index contributed by atoms with van der Waals surface area (Å²) in [5, 5.41) is 8.40. The average Bonchev–Trinajstić information content (AvgIpc) is 2.39. The predicted molar refractivity (Wildman–Crippen MR) is 64.0 cm³/mol. The Morgan fingerprint density at radius 1 is 1.16 bits per heavy atom. The first-order chi connectivity index (χ1) is 8.99. The minimum atomic E-state index is -3.89. The molecule has 2 aromatic rings. The fraction of sp³-hybridized carbons (Fsp3) is 0. The van der Waals surface area contributed by atoms with Gasteiger partial charge in [0, 0.05) is 6.20 Å². The summed E-state index contributed by atoms with van der Waals surface area (Å²) in [5.74, 6) is -1.18. The Morgan fingerprint density at radius 3 is 2.37 bits per heavy atom. The van der Waals surface area contributed by atoms with Crippen LogP contribution in [0.1, 0.15) is 10.4 Å². The van der Waals surface area contributed by atoms with Crippen molar-refractivity contribution >= 4 is 21.7 Å². The van der Waals surface area contributed by atoms with Crippen molar-refractivity contribution in [2.75, 3.05) is 4.72 Å². The van der Waals surface area contributed by atoms with Crippen molar-refractivity contribution in [3.63, 3.8) is 0 Å². The van der Waals surface area contributed by atoms with Crippen LogP contribution in [0, 0.1) is 0 Å². The molecule has 2 heterocycles. The van der Waals surface area contributed by atoms with Crippen molar-refractivity contribution in [1.29, 1.82) is 0 Å². The highest BCUT2D eigenvalue weighted by molar-refractivity contribution is 7.92. The lowest BCUT2D eigenvalue weighted by Gasteiger charge is -2.06. The van der Waals surface area contributed by atoms with Crippen LogP contribution in [0.5, 0.6) is 0 Å². The van der Waals surface area contributed by atoms with Crippen LogP contribution in [0.15, 0.2) is 42.1 Å². The fourth-order valence-corrected chi connectivity index (χ4v) is 2.18. The van der Waals surface area contributed by atoms with Gasteiger partial charge in [-0.15, -0.1) is 0 Å².